The minimum Gasteiger partial charge on any atom is -0.481 e. The maximum absolute atomic E-state index is 11.5. The van der Waals surface area contributed by atoms with Crippen LogP contribution in [0.4, 0.5) is 0 Å². The molecule has 7 nitrogen and oxygen atoms in total. The molecule has 0 spiro atoms. The van der Waals surface area contributed by atoms with E-state index in [1.54, 1.807) is 0 Å². The van der Waals surface area contributed by atoms with Gasteiger partial charge in [0.25, 0.3) is 0 Å². The third-order valence-corrected chi connectivity index (χ3v) is 4.32. The minimum atomic E-state index is -3.41. The molecule has 106 valence electrons. The first-order valence-electron chi connectivity index (χ1n) is 5.47. The van der Waals surface area contributed by atoms with Gasteiger partial charge in [0.2, 0.25) is 15.9 Å². The second-order valence-corrected chi connectivity index (χ2v) is 6.99. The van der Waals surface area contributed by atoms with E-state index in [1.807, 2.05) is 0 Å². The van der Waals surface area contributed by atoms with Gasteiger partial charge in [0.05, 0.1) is 17.7 Å². The van der Waals surface area contributed by atoms with Crippen LogP contribution in [-0.4, -0.2) is 55.6 Å². The molecule has 0 bridgehead atoms. The van der Waals surface area contributed by atoms with Gasteiger partial charge in [-0.3, -0.25) is 9.59 Å². The summed E-state index contributed by atoms with van der Waals surface area (Å²) in [5, 5.41) is 11.3. The maximum atomic E-state index is 11.5. The van der Waals surface area contributed by atoms with Gasteiger partial charge in [0.15, 0.2) is 0 Å². The quantitative estimate of drug-likeness (QED) is 0.654. The van der Waals surface area contributed by atoms with Crippen molar-refractivity contribution < 1.29 is 23.1 Å². The van der Waals surface area contributed by atoms with Gasteiger partial charge < -0.3 is 10.4 Å². The number of carbonyl (C=O) groups is 2. The lowest BCUT2D eigenvalue weighted by atomic mass is 9.94. The number of sulfonamides is 1. The Labute approximate surface area is 107 Å². The number of hydrogen-bond donors (Lipinski definition) is 2. The summed E-state index contributed by atoms with van der Waals surface area (Å²) in [6.07, 6.45) is 0. The number of carbonyl (C=O) groups excluding carboxylic acids is 1. The molecule has 0 aromatic rings. The lowest BCUT2D eigenvalue weighted by molar-refractivity contribution is -0.146. The van der Waals surface area contributed by atoms with Crippen LogP contribution in [0.5, 0.6) is 0 Å². The topological polar surface area (TPSA) is 104 Å². The Morgan fingerprint density at radius 2 is 1.83 bits per heavy atom. The fraction of sp³-hybridized carbons (Fsp3) is 0.800. The molecule has 1 amide bonds. The Balaban J connectivity index is 4.35. The Morgan fingerprint density at radius 1 is 1.33 bits per heavy atom. The van der Waals surface area contributed by atoms with Crippen molar-refractivity contribution in [2.45, 2.75) is 20.8 Å². The molecule has 0 atom stereocenters. The molecule has 0 saturated heterocycles. The van der Waals surface area contributed by atoms with Crippen molar-refractivity contribution in [3.05, 3.63) is 0 Å². The van der Waals surface area contributed by atoms with Gasteiger partial charge in [-0.1, -0.05) is 0 Å². The lowest BCUT2D eigenvalue weighted by Crippen LogP contribution is -2.44. The fourth-order valence-corrected chi connectivity index (χ4v) is 1.73. The van der Waals surface area contributed by atoms with Crippen molar-refractivity contribution in [3.63, 3.8) is 0 Å². The van der Waals surface area contributed by atoms with Crippen molar-refractivity contribution >= 4 is 21.9 Å². The number of amides is 1. The van der Waals surface area contributed by atoms with Crippen molar-refractivity contribution in [2.24, 2.45) is 5.41 Å². The second kappa shape index (κ2) is 6.14. The zero-order chi connectivity index (χ0) is 14.6. The molecule has 8 heteroatoms. The minimum absolute atomic E-state index is 0.0544. The number of rotatable bonds is 7. The summed E-state index contributed by atoms with van der Waals surface area (Å²) in [4.78, 5) is 22.3. The monoisotopic (exact) mass is 280 g/mol. The third-order valence-electron chi connectivity index (χ3n) is 2.51. The number of hydrogen-bond acceptors (Lipinski definition) is 4. The van der Waals surface area contributed by atoms with Crippen LogP contribution in [-0.2, 0) is 19.6 Å². The largest absolute Gasteiger partial charge is 0.481 e. The molecular formula is C10H20N2O5S. The van der Waals surface area contributed by atoms with Crippen LogP contribution in [0.15, 0.2) is 0 Å². The van der Waals surface area contributed by atoms with Gasteiger partial charge >= 0.3 is 5.97 Å². The van der Waals surface area contributed by atoms with E-state index in [0.29, 0.717) is 0 Å². The summed E-state index contributed by atoms with van der Waals surface area (Å²) in [7, 11) is -2.10. The van der Waals surface area contributed by atoms with Gasteiger partial charge in [-0.25, -0.2) is 8.42 Å². The first kappa shape index (κ1) is 16.9. The molecule has 0 radical (unpaired) electrons. The number of carboxylic acids is 1. The van der Waals surface area contributed by atoms with E-state index >= 15 is 0 Å². The number of carboxylic acid groups (broad SMARTS) is 1. The highest BCUT2D eigenvalue weighted by atomic mass is 32.2. The number of aliphatic carboxylic acids is 1. The zero-order valence-corrected chi connectivity index (χ0v) is 11.9. The number of likely N-dealkylation sites (N-methyl/N-ethyl adjacent to an activating group) is 1. The Bertz CT molecular complexity index is 416. The molecule has 2 N–H and O–H groups in total. The van der Waals surface area contributed by atoms with Crippen LogP contribution in [0.1, 0.15) is 20.8 Å². The zero-order valence-electron chi connectivity index (χ0n) is 11.1. The lowest BCUT2D eigenvalue weighted by Gasteiger charge is -2.21. The van der Waals surface area contributed by atoms with Crippen LogP contribution in [0.3, 0.4) is 0 Å². The van der Waals surface area contributed by atoms with E-state index in [1.165, 1.54) is 27.8 Å². The van der Waals surface area contributed by atoms with Crippen LogP contribution in [0, 0.1) is 5.41 Å². The highest BCUT2D eigenvalue weighted by molar-refractivity contribution is 7.89. The Hall–Kier alpha value is -1.15. The van der Waals surface area contributed by atoms with Gasteiger partial charge in [-0.2, -0.15) is 4.31 Å². The fourth-order valence-electron chi connectivity index (χ4n) is 0.972. The summed E-state index contributed by atoms with van der Waals surface area (Å²) in [6, 6.07) is 0. The van der Waals surface area contributed by atoms with E-state index in [2.05, 4.69) is 5.32 Å². The third kappa shape index (κ3) is 5.01. The van der Waals surface area contributed by atoms with Crippen molar-refractivity contribution in [1.29, 1.82) is 0 Å². The molecule has 0 saturated carbocycles. The molecule has 0 aromatic heterocycles. The molecule has 0 heterocycles. The van der Waals surface area contributed by atoms with Crippen LogP contribution in [0.2, 0.25) is 0 Å². The first-order chi connectivity index (χ1) is 8.03. The number of nitrogens with zero attached hydrogens (tertiary/aromatic N) is 1. The Morgan fingerprint density at radius 3 is 2.22 bits per heavy atom. The summed E-state index contributed by atoms with van der Waals surface area (Å²) < 4.78 is 23.7. The summed E-state index contributed by atoms with van der Waals surface area (Å²) >= 11 is 0. The summed E-state index contributed by atoms with van der Waals surface area (Å²) in [6.45, 7) is 4.06. The summed E-state index contributed by atoms with van der Waals surface area (Å²) in [5.74, 6) is -1.64. The van der Waals surface area contributed by atoms with Crippen molar-refractivity contribution in [2.75, 3.05) is 25.9 Å². The molecule has 0 rings (SSSR count). The van der Waals surface area contributed by atoms with Crippen LogP contribution >= 0.6 is 0 Å². The molecule has 0 aromatic carbocycles. The SMILES string of the molecule is CCS(=O)(=O)N(C)CC(=O)NCC(C)(C)C(=O)O. The van der Waals surface area contributed by atoms with Crippen LogP contribution < -0.4 is 5.32 Å². The highest BCUT2D eigenvalue weighted by Crippen LogP contribution is 2.12. The number of nitrogens with one attached hydrogen (secondary N) is 1. The molecule has 0 aliphatic heterocycles. The normalized spacial score (nSPS) is 12.5. The van der Waals surface area contributed by atoms with E-state index in [-0.39, 0.29) is 18.8 Å². The summed E-state index contributed by atoms with van der Waals surface area (Å²) in [5.41, 5.74) is -1.09. The molecule has 0 aliphatic carbocycles. The van der Waals surface area contributed by atoms with Gasteiger partial charge in [-0.15, -0.1) is 0 Å². The average molecular weight is 280 g/mol. The second-order valence-electron chi connectivity index (χ2n) is 4.62. The van der Waals surface area contributed by atoms with Crippen LogP contribution in [0.25, 0.3) is 0 Å². The van der Waals surface area contributed by atoms with Gasteiger partial charge in [0.1, 0.15) is 0 Å². The Kier molecular flexibility index (Phi) is 5.75. The van der Waals surface area contributed by atoms with Crippen molar-refractivity contribution in [3.8, 4) is 0 Å². The van der Waals surface area contributed by atoms with Gasteiger partial charge in [-0.05, 0) is 20.8 Å². The predicted molar refractivity (Wildman–Crippen MR) is 66.5 cm³/mol. The first-order valence-corrected chi connectivity index (χ1v) is 7.08. The van der Waals surface area contributed by atoms with Gasteiger partial charge in [0, 0.05) is 13.6 Å². The highest BCUT2D eigenvalue weighted by Gasteiger charge is 2.28. The smallest absolute Gasteiger partial charge is 0.310 e. The average Bonchev–Trinajstić information content (AvgIpc) is 2.26. The molecule has 0 fully saturated rings. The van der Waals surface area contributed by atoms with E-state index in [9.17, 15) is 18.0 Å². The van der Waals surface area contributed by atoms with Crippen molar-refractivity contribution in [1.82, 2.24) is 9.62 Å². The van der Waals surface area contributed by atoms with E-state index in [0.717, 1.165) is 4.31 Å². The predicted octanol–water partition coefficient (Wildman–Crippen LogP) is -0.505. The van der Waals surface area contributed by atoms with E-state index < -0.39 is 27.3 Å². The standard InChI is InChI=1S/C10H20N2O5S/c1-5-18(16,17)12(4)6-8(13)11-7-10(2,3)9(14)15/h5-7H2,1-4H3,(H,11,13)(H,14,15). The maximum Gasteiger partial charge on any atom is 0.310 e. The molecule has 18 heavy (non-hydrogen) atoms. The molecular weight excluding hydrogens is 260 g/mol. The molecule has 0 aliphatic rings. The molecule has 0 unspecified atom stereocenters. The van der Waals surface area contributed by atoms with E-state index in [4.69, 9.17) is 5.11 Å².